The molecule has 5 atom stereocenters. The minimum absolute atomic E-state index is 0.0182. The highest BCUT2D eigenvalue weighted by Gasteiger charge is 2.28. The van der Waals surface area contributed by atoms with E-state index in [1.807, 2.05) is 0 Å². The Morgan fingerprint density at radius 2 is 0.529 bits per heavy atom. The molecule has 8 heteroatoms. The molecular weight excluding hydrogens is 845 g/mol. The summed E-state index contributed by atoms with van der Waals surface area (Å²) in [4.78, 5) is 25.4. The molecule has 0 aromatic heterocycles. The van der Waals surface area contributed by atoms with Crippen LogP contribution < -0.4 is 10.6 Å². The Morgan fingerprint density at radius 1 is 0.309 bits per heavy atom. The van der Waals surface area contributed by atoms with E-state index in [-0.39, 0.29) is 18.4 Å². The molecule has 8 nitrogen and oxygen atoms in total. The van der Waals surface area contributed by atoms with Crippen LogP contribution in [-0.2, 0) is 9.59 Å². The van der Waals surface area contributed by atoms with Gasteiger partial charge in [0.1, 0.15) is 0 Å². The Hall–Kier alpha value is -1.22. The van der Waals surface area contributed by atoms with Crippen molar-refractivity contribution in [1.29, 1.82) is 0 Å². The zero-order chi connectivity index (χ0) is 49.8. The van der Waals surface area contributed by atoms with E-state index in [2.05, 4.69) is 31.4 Å². The van der Waals surface area contributed by atoms with Crippen molar-refractivity contribution in [2.45, 2.75) is 366 Å². The van der Waals surface area contributed by atoms with E-state index in [9.17, 15) is 30.0 Å². The van der Waals surface area contributed by atoms with Crippen LogP contribution in [-0.4, -0.2) is 69.2 Å². The summed E-state index contributed by atoms with van der Waals surface area (Å²) in [5.41, 5.74) is 0. The Morgan fingerprint density at radius 3 is 0.794 bits per heavy atom. The standard InChI is InChI=1S/C60H120N2O6/c1-4-7-10-13-15-17-19-22-27-31-35-40-44-49-56(65)60(62-59(68)52-47-42-37-33-29-23-20-18-16-14-11-8-5-2)57(66)50-45-41-36-32-28-25-21-24-26-30-34-39-43-48-55(64)54(53-63)61-58(67)51-46-38-12-9-6-3/h54-57,60,63-66H,4-53H2,1-3H3,(H,61,67)(H,62,68). The van der Waals surface area contributed by atoms with Crippen molar-refractivity contribution in [2.75, 3.05) is 6.61 Å². The van der Waals surface area contributed by atoms with Crippen molar-refractivity contribution in [3.05, 3.63) is 0 Å². The van der Waals surface area contributed by atoms with E-state index in [0.717, 1.165) is 83.5 Å². The van der Waals surface area contributed by atoms with Crippen LogP contribution in [0.15, 0.2) is 0 Å². The summed E-state index contributed by atoms with van der Waals surface area (Å²) in [6, 6.07) is -1.15. The van der Waals surface area contributed by atoms with Crippen LogP contribution in [0.5, 0.6) is 0 Å². The Kier molecular flexibility index (Phi) is 52.6. The Balaban J connectivity index is 4.33. The highest BCUT2D eigenvalue weighted by Crippen LogP contribution is 2.20. The first-order chi connectivity index (χ1) is 33.3. The molecule has 0 aliphatic rings. The lowest BCUT2D eigenvalue weighted by Crippen LogP contribution is -2.50. The molecule has 0 aliphatic heterocycles. The first-order valence-corrected chi connectivity index (χ1v) is 30.5. The lowest BCUT2D eigenvalue weighted by atomic mass is 9.94. The largest absolute Gasteiger partial charge is 0.394 e. The van der Waals surface area contributed by atoms with Crippen LogP contribution in [0.2, 0.25) is 0 Å². The normalized spacial score (nSPS) is 13.9. The minimum Gasteiger partial charge on any atom is -0.394 e. The van der Waals surface area contributed by atoms with Crippen molar-refractivity contribution in [2.24, 2.45) is 0 Å². The minimum atomic E-state index is -0.715. The lowest BCUT2D eigenvalue weighted by Gasteiger charge is -2.29. The molecule has 0 aromatic rings. The number of hydrogen-bond acceptors (Lipinski definition) is 6. The molecule has 0 saturated carbocycles. The van der Waals surface area contributed by atoms with Crippen molar-refractivity contribution < 1.29 is 30.0 Å². The van der Waals surface area contributed by atoms with Gasteiger partial charge in [-0.3, -0.25) is 9.59 Å². The predicted molar refractivity (Wildman–Crippen MR) is 292 cm³/mol. The van der Waals surface area contributed by atoms with Gasteiger partial charge in [-0.15, -0.1) is 0 Å². The first-order valence-electron chi connectivity index (χ1n) is 30.5. The lowest BCUT2D eigenvalue weighted by molar-refractivity contribution is -0.124. The van der Waals surface area contributed by atoms with Gasteiger partial charge in [-0.2, -0.15) is 0 Å². The van der Waals surface area contributed by atoms with Gasteiger partial charge in [-0.1, -0.05) is 290 Å². The number of rotatable bonds is 56. The number of amides is 2. The van der Waals surface area contributed by atoms with E-state index < -0.39 is 30.4 Å². The fraction of sp³-hybridized carbons (Fsp3) is 0.967. The van der Waals surface area contributed by atoms with E-state index in [4.69, 9.17) is 0 Å². The van der Waals surface area contributed by atoms with Crippen molar-refractivity contribution in [3.63, 3.8) is 0 Å². The average molecular weight is 966 g/mol. The molecule has 5 unspecified atom stereocenters. The molecule has 406 valence electrons. The van der Waals surface area contributed by atoms with Crippen molar-refractivity contribution >= 4 is 11.8 Å². The van der Waals surface area contributed by atoms with Crippen molar-refractivity contribution in [3.8, 4) is 0 Å². The topological polar surface area (TPSA) is 139 Å². The number of nitrogens with one attached hydrogen (secondary N) is 2. The third-order valence-electron chi connectivity index (χ3n) is 14.8. The first kappa shape index (κ1) is 66.8. The second kappa shape index (κ2) is 53.6. The van der Waals surface area contributed by atoms with Crippen LogP contribution in [0.1, 0.15) is 335 Å². The molecule has 0 aromatic carbocycles. The van der Waals surface area contributed by atoms with Crippen LogP contribution in [0.25, 0.3) is 0 Å². The smallest absolute Gasteiger partial charge is 0.220 e. The number of unbranched alkanes of at least 4 members (excludes halogenated alkanes) is 40. The van der Waals surface area contributed by atoms with Gasteiger partial charge in [-0.05, 0) is 32.1 Å². The van der Waals surface area contributed by atoms with E-state index in [1.165, 1.54) is 199 Å². The fourth-order valence-corrected chi connectivity index (χ4v) is 10.0. The fourth-order valence-electron chi connectivity index (χ4n) is 10.0. The molecule has 0 heterocycles. The predicted octanol–water partition coefficient (Wildman–Crippen LogP) is 16.2. The summed E-state index contributed by atoms with van der Waals surface area (Å²) in [6.07, 6.45) is 54.5. The molecule has 0 fully saturated rings. The van der Waals surface area contributed by atoms with E-state index >= 15 is 0 Å². The van der Waals surface area contributed by atoms with Gasteiger partial charge in [-0.25, -0.2) is 0 Å². The highest BCUT2D eigenvalue weighted by molar-refractivity contribution is 5.76. The number of hydrogen-bond donors (Lipinski definition) is 6. The number of aliphatic hydroxyl groups is 4. The summed E-state index contributed by atoms with van der Waals surface area (Å²) < 4.78 is 0. The SMILES string of the molecule is CCCCCCCCCCCCCCCC(=O)NC(C(O)CCCCCCCCCCCCCCC)C(O)CCCCCCCCCCCCCCCC(O)C(CO)NC(=O)CCCCCCC. The molecule has 0 aliphatic carbocycles. The van der Waals surface area contributed by atoms with Gasteiger partial charge in [0.05, 0.1) is 37.0 Å². The van der Waals surface area contributed by atoms with Gasteiger partial charge in [0.2, 0.25) is 11.8 Å². The third-order valence-corrected chi connectivity index (χ3v) is 14.8. The molecule has 0 bridgehead atoms. The van der Waals surface area contributed by atoms with Gasteiger partial charge >= 0.3 is 0 Å². The monoisotopic (exact) mass is 965 g/mol. The maximum absolute atomic E-state index is 13.1. The second-order valence-electron chi connectivity index (χ2n) is 21.5. The molecule has 0 rings (SSSR count). The Bertz CT molecular complexity index is 1030. The van der Waals surface area contributed by atoms with Crippen LogP contribution >= 0.6 is 0 Å². The second-order valence-corrected chi connectivity index (χ2v) is 21.5. The molecule has 2 amide bonds. The maximum Gasteiger partial charge on any atom is 0.220 e. The summed E-state index contributed by atoms with van der Waals surface area (Å²) >= 11 is 0. The zero-order valence-corrected chi connectivity index (χ0v) is 45.8. The summed E-state index contributed by atoms with van der Waals surface area (Å²) in [7, 11) is 0. The van der Waals surface area contributed by atoms with Gasteiger partial charge in [0.25, 0.3) is 0 Å². The van der Waals surface area contributed by atoms with Crippen LogP contribution in [0.3, 0.4) is 0 Å². The zero-order valence-electron chi connectivity index (χ0n) is 45.8. The third kappa shape index (κ3) is 45.9. The van der Waals surface area contributed by atoms with Crippen molar-refractivity contribution in [1.82, 2.24) is 10.6 Å². The molecule has 0 saturated heterocycles. The van der Waals surface area contributed by atoms with Gasteiger partial charge in [0, 0.05) is 12.8 Å². The molecule has 6 N–H and O–H groups in total. The quantitative estimate of drug-likeness (QED) is 0.0336. The van der Waals surface area contributed by atoms with Gasteiger partial charge in [0.15, 0.2) is 0 Å². The van der Waals surface area contributed by atoms with Crippen LogP contribution in [0, 0.1) is 0 Å². The maximum atomic E-state index is 13.1. The molecule has 0 radical (unpaired) electrons. The van der Waals surface area contributed by atoms with E-state index in [0.29, 0.717) is 32.1 Å². The summed E-state index contributed by atoms with van der Waals surface area (Å²) in [5.74, 6) is -0.0849. The molecule has 0 spiro atoms. The van der Waals surface area contributed by atoms with Crippen LogP contribution in [0.4, 0.5) is 0 Å². The van der Waals surface area contributed by atoms with Gasteiger partial charge < -0.3 is 31.1 Å². The number of carbonyl (C=O) groups is 2. The highest BCUT2D eigenvalue weighted by atomic mass is 16.3. The summed E-state index contributed by atoms with van der Waals surface area (Å²) in [6.45, 7) is 6.50. The average Bonchev–Trinajstić information content (AvgIpc) is 3.33. The number of aliphatic hydroxyl groups excluding tert-OH is 4. The summed E-state index contributed by atoms with van der Waals surface area (Å²) in [5, 5.41) is 48.8. The molecule has 68 heavy (non-hydrogen) atoms. The number of carbonyl (C=O) groups excluding carboxylic acids is 2. The Labute approximate surface area is 423 Å². The van der Waals surface area contributed by atoms with E-state index in [1.54, 1.807) is 0 Å². The molecular formula is C60H120N2O6.